The number of hydrogen-bond donors (Lipinski definition) is 0. The quantitative estimate of drug-likeness (QED) is 0.744. The Balaban J connectivity index is 1.50. The second kappa shape index (κ2) is 5.86. The standard InChI is InChI=1S/C19H23FN2/c20-16-10-5-9-15-18-12-21-13-22(18)17(19(15)16)11-4-8-14-6-2-1-3-7-14/h5,9-10,12-14,17H,1-4,6-8,11H2. The smallest absolute Gasteiger partial charge is 0.129 e. The van der Waals surface area contributed by atoms with Crippen LogP contribution in [0.2, 0.25) is 0 Å². The molecule has 1 unspecified atom stereocenters. The first kappa shape index (κ1) is 14.0. The van der Waals surface area contributed by atoms with E-state index in [9.17, 15) is 4.39 Å². The van der Waals surface area contributed by atoms with E-state index in [1.807, 2.05) is 18.6 Å². The molecule has 116 valence electrons. The van der Waals surface area contributed by atoms with Crippen molar-refractivity contribution < 1.29 is 4.39 Å². The molecule has 0 N–H and O–H groups in total. The van der Waals surface area contributed by atoms with Crippen LogP contribution in [0.4, 0.5) is 4.39 Å². The molecule has 1 aliphatic carbocycles. The number of benzene rings is 1. The summed E-state index contributed by atoms with van der Waals surface area (Å²) in [6.45, 7) is 0. The second-order valence-electron chi connectivity index (χ2n) is 6.84. The number of fused-ring (bicyclic) bond motifs is 3. The number of halogens is 1. The predicted octanol–water partition coefficient (Wildman–Crippen LogP) is 5.34. The van der Waals surface area contributed by atoms with Gasteiger partial charge in [0.15, 0.2) is 0 Å². The first-order valence-electron chi connectivity index (χ1n) is 8.65. The normalized spacial score (nSPS) is 20.9. The summed E-state index contributed by atoms with van der Waals surface area (Å²) in [4.78, 5) is 4.26. The van der Waals surface area contributed by atoms with Gasteiger partial charge in [-0.3, -0.25) is 0 Å². The number of rotatable bonds is 4. The monoisotopic (exact) mass is 298 g/mol. The predicted molar refractivity (Wildman–Crippen MR) is 86.2 cm³/mol. The Morgan fingerprint density at radius 3 is 2.86 bits per heavy atom. The van der Waals surface area contributed by atoms with E-state index in [0.717, 1.165) is 29.2 Å². The van der Waals surface area contributed by atoms with Crippen molar-refractivity contribution in [1.82, 2.24) is 9.55 Å². The summed E-state index contributed by atoms with van der Waals surface area (Å²) in [6.07, 6.45) is 14.2. The van der Waals surface area contributed by atoms with Crippen molar-refractivity contribution in [3.05, 3.63) is 42.1 Å². The molecule has 22 heavy (non-hydrogen) atoms. The molecule has 2 heterocycles. The van der Waals surface area contributed by atoms with Crippen LogP contribution < -0.4 is 0 Å². The molecule has 0 spiro atoms. The first-order valence-corrected chi connectivity index (χ1v) is 8.65. The van der Waals surface area contributed by atoms with Gasteiger partial charge in [0.1, 0.15) is 5.82 Å². The van der Waals surface area contributed by atoms with Gasteiger partial charge >= 0.3 is 0 Å². The molecule has 3 heteroatoms. The topological polar surface area (TPSA) is 17.8 Å². The van der Waals surface area contributed by atoms with E-state index in [2.05, 4.69) is 9.55 Å². The second-order valence-corrected chi connectivity index (χ2v) is 6.84. The third kappa shape index (κ3) is 2.37. The van der Waals surface area contributed by atoms with E-state index in [-0.39, 0.29) is 11.9 Å². The van der Waals surface area contributed by atoms with Gasteiger partial charge in [-0.25, -0.2) is 9.37 Å². The highest BCUT2D eigenvalue weighted by atomic mass is 19.1. The maximum Gasteiger partial charge on any atom is 0.129 e. The summed E-state index contributed by atoms with van der Waals surface area (Å²) in [5, 5.41) is 0. The van der Waals surface area contributed by atoms with E-state index in [0.29, 0.717) is 0 Å². The lowest BCUT2D eigenvalue weighted by molar-refractivity contribution is 0.323. The molecule has 1 atom stereocenters. The lowest BCUT2D eigenvalue weighted by atomic mass is 9.85. The van der Waals surface area contributed by atoms with Crippen molar-refractivity contribution in [2.24, 2.45) is 5.92 Å². The molecular formula is C19H23FN2. The molecule has 0 amide bonds. The third-order valence-electron chi connectivity index (χ3n) is 5.48. The van der Waals surface area contributed by atoms with Gasteiger partial charge in [-0.05, 0) is 18.4 Å². The highest BCUT2D eigenvalue weighted by molar-refractivity contribution is 5.69. The fourth-order valence-corrected chi connectivity index (χ4v) is 4.36. The maximum absolute atomic E-state index is 14.3. The summed E-state index contributed by atoms with van der Waals surface area (Å²) in [7, 11) is 0. The number of nitrogens with zero attached hydrogens (tertiary/aromatic N) is 2. The van der Waals surface area contributed by atoms with Gasteiger partial charge in [0.05, 0.1) is 24.3 Å². The molecule has 2 aromatic rings. The van der Waals surface area contributed by atoms with Gasteiger partial charge in [0.25, 0.3) is 0 Å². The van der Waals surface area contributed by atoms with E-state index in [4.69, 9.17) is 0 Å². The van der Waals surface area contributed by atoms with Crippen LogP contribution in [0.25, 0.3) is 11.3 Å². The molecule has 0 saturated heterocycles. The van der Waals surface area contributed by atoms with Gasteiger partial charge in [0, 0.05) is 11.1 Å². The Morgan fingerprint density at radius 1 is 1.14 bits per heavy atom. The molecule has 1 aliphatic heterocycles. The maximum atomic E-state index is 14.3. The van der Waals surface area contributed by atoms with Gasteiger partial charge in [-0.1, -0.05) is 57.1 Å². The highest BCUT2D eigenvalue weighted by Crippen LogP contribution is 2.43. The van der Waals surface area contributed by atoms with E-state index < -0.39 is 0 Å². The molecule has 2 aliphatic rings. The average Bonchev–Trinajstić information content (AvgIpc) is 3.12. The van der Waals surface area contributed by atoms with Gasteiger partial charge < -0.3 is 4.57 Å². The van der Waals surface area contributed by atoms with Crippen LogP contribution in [0, 0.1) is 11.7 Å². The molecule has 1 fully saturated rings. The van der Waals surface area contributed by atoms with Crippen molar-refractivity contribution >= 4 is 0 Å². The third-order valence-corrected chi connectivity index (χ3v) is 5.48. The Morgan fingerprint density at radius 2 is 2.00 bits per heavy atom. The van der Waals surface area contributed by atoms with Crippen molar-refractivity contribution in [3.8, 4) is 11.3 Å². The Kier molecular flexibility index (Phi) is 3.73. The van der Waals surface area contributed by atoms with Gasteiger partial charge in [-0.2, -0.15) is 0 Å². The van der Waals surface area contributed by atoms with E-state index >= 15 is 0 Å². The zero-order valence-corrected chi connectivity index (χ0v) is 13.0. The number of imidazole rings is 1. The highest BCUT2D eigenvalue weighted by Gasteiger charge is 2.30. The first-order chi connectivity index (χ1) is 10.8. The van der Waals surface area contributed by atoms with Crippen LogP contribution in [-0.2, 0) is 0 Å². The van der Waals surface area contributed by atoms with E-state index in [1.54, 1.807) is 12.1 Å². The lowest BCUT2D eigenvalue weighted by Crippen LogP contribution is -2.09. The van der Waals surface area contributed by atoms with E-state index in [1.165, 1.54) is 44.9 Å². The Labute approximate surface area is 131 Å². The minimum atomic E-state index is -0.0659. The zero-order chi connectivity index (χ0) is 14.9. The Hall–Kier alpha value is -1.64. The zero-order valence-electron chi connectivity index (χ0n) is 13.0. The van der Waals surface area contributed by atoms with Crippen LogP contribution in [0.1, 0.15) is 63.0 Å². The summed E-state index contributed by atoms with van der Waals surface area (Å²) >= 11 is 0. The van der Waals surface area contributed by atoms with Crippen molar-refractivity contribution in [2.75, 3.05) is 0 Å². The molecule has 1 aromatic heterocycles. The summed E-state index contributed by atoms with van der Waals surface area (Å²) in [6, 6.07) is 5.55. The minimum Gasteiger partial charge on any atom is -0.323 e. The molecule has 2 nitrogen and oxygen atoms in total. The van der Waals surface area contributed by atoms with Crippen molar-refractivity contribution in [2.45, 2.75) is 57.4 Å². The number of hydrogen-bond acceptors (Lipinski definition) is 1. The largest absolute Gasteiger partial charge is 0.323 e. The lowest BCUT2D eigenvalue weighted by Gasteiger charge is -2.22. The molecule has 0 bridgehead atoms. The summed E-state index contributed by atoms with van der Waals surface area (Å²) in [5.41, 5.74) is 2.97. The van der Waals surface area contributed by atoms with Crippen LogP contribution in [-0.4, -0.2) is 9.55 Å². The molecule has 4 rings (SSSR count). The van der Waals surface area contributed by atoms with Crippen LogP contribution in [0.5, 0.6) is 0 Å². The molecular weight excluding hydrogens is 275 g/mol. The minimum absolute atomic E-state index is 0.0659. The fraction of sp³-hybridized carbons (Fsp3) is 0.526. The Bertz CT molecular complexity index is 655. The molecule has 0 radical (unpaired) electrons. The van der Waals surface area contributed by atoms with Gasteiger partial charge in [0.2, 0.25) is 0 Å². The molecule has 1 saturated carbocycles. The molecule has 1 aromatic carbocycles. The number of aromatic nitrogens is 2. The van der Waals surface area contributed by atoms with Crippen molar-refractivity contribution in [1.29, 1.82) is 0 Å². The van der Waals surface area contributed by atoms with Gasteiger partial charge in [-0.15, -0.1) is 0 Å². The SMILES string of the molecule is Fc1cccc2c1C(CCCC1CCCCC1)n1cncc1-2. The van der Waals surface area contributed by atoms with Crippen LogP contribution in [0.15, 0.2) is 30.7 Å². The average molecular weight is 298 g/mol. The van der Waals surface area contributed by atoms with Crippen LogP contribution >= 0.6 is 0 Å². The van der Waals surface area contributed by atoms with Crippen LogP contribution in [0.3, 0.4) is 0 Å². The summed E-state index contributed by atoms with van der Waals surface area (Å²) in [5.74, 6) is 0.835. The summed E-state index contributed by atoms with van der Waals surface area (Å²) < 4.78 is 16.5. The fourth-order valence-electron chi connectivity index (χ4n) is 4.36. The van der Waals surface area contributed by atoms with Crippen molar-refractivity contribution in [3.63, 3.8) is 0 Å².